The molecular weight excluding hydrogens is 277 g/mol. The molecule has 0 spiro atoms. The Bertz CT molecular complexity index is 563. The minimum Gasteiger partial charge on any atom is -0.496 e. The Morgan fingerprint density at radius 2 is 2.15 bits per heavy atom. The summed E-state index contributed by atoms with van der Waals surface area (Å²) >= 11 is 0. The molecule has 1 aliphatic rings. The maximum Gasteiger partial charge on any atom is 0.392 e. The molecule has 2 rings (SSSR count). The summed E-state index contributed by atoms with van der Waals surface area (Å²) < 4.78 is 47.6. The molecule has 0 amide bonds. The summed E-state index contributed by atoms with van der Waals surface area (Å²) in [5.41, 5.74) is -0.120. The van der Waals surface area contributed by atoms with Gasteiger partial charge in [0.2, 0.25) is 0 Å². The molecule has 4 nitrogen and oxygen atoms in total. The van der Waals surface area contributed by atoms with Crippen molar-refractivity contribution in [3.05, 3.63) is 29.3 Å². The number of halogens is 3. The highest BCUT2D eigenvalue weighted by Crippen LogP contribution is 2.38. The number of carboxylic acids is 1. The fraction of sp³-hybridized carbons (Fsp3) is 0.308. The van der Waals surface area contributed by atoms with Crippen LogP contribution in [0.4, 0.5) is 13.2 Å². The van der Waals surface area contributed by atoms with E-state index in [9.17, 15) is 18.0 Å². The second-order valence-corrected chi connectivity index (χ2v) is 4.20. The molecule has 20 heavy (non-hydrogen) atoms. The van der Waals surface area contributed by atoms with Crippen molar-refractivity contribution >= 4 is 12.0 Å². The maximum atomic E-state index is 12.5. The summed E-state index contributed by atoms with van der Waals surface area (Å²) in [5, 5.41) is 9.04. The number of hydrogen-bond donors (Lipinski definition) is 1. The lowest BCUT2D eigenvalue weighted by Crippen LogP contribution is -2.32. The van der Waals surface area contributed by atoms with E-state index < -0.39 is 30.2 Å². The van der Waals surface area contributed by atoms with Crippen LogP contribution in [0.3, 0.4) is 0 Å². The van der Waals surface area contributed by atoms with Gasteiger partial charge < -0.3 is 14.6 Å². The molecule has 0 saturated carbocycles. The molecule has 0 fully saturated rings. The van der Waals surface area contributed by atoms with E-state index in [0.717, 1.165) is 6.08 Å². The summed E-state index contributed by atoms with van der Waals surface area (Å²) in [6.45, 7) is 0. The average molecular weight is 288 g/mol. The zero-order chi connectivity index (χ0) is 14.9. The molecule has 1 atom stereocenters. The monoisotopic (exact) mass is 288 g/mol. The first-order chi connectivity index (χ1) is 9.31. The fourth-order valence-corrected chi connectivity index (χ4v) is 1.97. The number of hydrogen-bond acceptors (Lipinski definition) is 3. The predicted molar refractivity (Wildman–Crippen MR) is 63.7 cm³/mol. The molecule has 1 unspecified atom stereocenters. The predicted octanol–water partition coefficient (Wildman–Crippen LogP) is 2.88. The second-order valence-electron chi connectivity index (χ2n) is 4.20. The van der Waals surface area contributed by atoms with Gasteiger partial charge in [0.15, 0.2) is 0 Å². The third-order valence-electron chi connectivity index (χ3n) is 2.83. The van der Waals surface area contributed by atoms with Crippen molar-refractivity contribution in [3.63, 3.8) is 0 Å². The van der Waals surface area contributed by atoms with Crippen LogP contribution >= 0.6 is 0 Å². The van der Waals surface area contributed by atoms with Crippen molar-refractivity contribution in [3.8, 4) is 11.5 Å². The SMILES string of the molecule is COc1cccc2c1C=C(C(=O)O)C(CC(F)(F)F)O2. The van der Waals surface area contributed by atoms with Crippen LogP contribution in [0.1, 0.15) is 12.0 Å². The fourth-order valence-electron chi connectivity index (χ4n) is 1.97. The third kappa shape index (κ3) is 2.87. The number of benzene rings is 1. The number of methoxy groups -OCH3 is 1. The molecule has 0 radical (unpaired) electrons. The van der Waals surface area contributed by atoms with Crippen LogP contribution in [0.2, 0.25) is 0 Å². The number of fused-ring (bicyclic) bond motifs is 1. The standard InChI is InChI=1S/C13H11F3O4/c1-19-9-3-2-4-10-7(9)5-8(12(17)18)11(20-10)6-13(14,15)16/h2-5,11H,6H2,1H3,(H,17,18). The van der Waals surface area contributed by atoms with Crippen LogP contribution < -0.4 is 9.47 Å². The van der Waals surface area contributed by atoms with E-state index in [0.29, 0.717) is 11.3 Å². The summed E-state index contributed by atoms with van der Waals surface area (Å²) in [5.74, 6) is -0.939. The average Bonchev–Trinajstić information content (AvgIpc) is 2.34. The van der Waals surface area contributed by atoms with Crippen LogP contribution in [-0.2, 0) is 4.79 Å². The smallest absolute Gasteiger partial charge is 0.392 e. The van der Waals surface area contributed by atoms with E-state index in [1.165, 1.54) is 13.2 Å². The zero-order valence-electron chi connectivity index (χ0n) is 10.4. The first-order valence-corrected chi connectivity index (χ1v) is 5.67. The summed E-state index contributed by atoms with van der Waals surface area (Å²) in [4.78, 5) is 11.1. The molecule has 0 aromatic heterocycles. The van der Waals surface area contributed by atoms with Gasteiger partial charge in [-0.2, -0.15) is 13.2 Å². The largest absolute Gasteiger partial charge is 0.496 e. The van der Waals surface area contributed by atoms with Gasteiger partial charge in [-0.3, -0.25) is 0 Å². The Hall–Kier alpha value is -2.18. The molecular formula is C13H11F3O4. The van der Waals surface area contributed by atoms with E-state index in [1.807, 2.05) is 0 Å². The third-order valence-corrected chi connectivity index (χ3v) is 2.83. The number of aliphatic carboxylic acids is 1. The van der Waals surface area contributed by atoms with Gasteiger partial charge in [0, 0.05) is 0 Å². The molecule has 0 aliphatic carbocycles. The van der Waals surface area contributed by atoms with Gasteiger partial charge in [-0.25, -0.2) is 4.79 Å². The summed E-state index contributed by atoms with van der Waals surface area (Å²) in [6, 6.07) is 4.60. The highest BCUT2D eigenvalue weighted by molar-refractivity contribution is 5.95. The summed E-state index contributed by atoms with van der Waals surface area (Å²) in [6.07, 6.45) is -6.28. The topological polar surface area (TPSA) is 55.8 Å². The number of alkyl halides is 3. The first kappa shape index (κ1) is 14.2. The van der Waals surface area contributed by atoms with Crippen LogP contribution in [0, 0.1) is 0 Å². The molecule has 1 aliphatic heterocycles. The van der Waals surface area contributed by atoms with Crippen molar-refractivity contribution < 1.29 is 32.5 Å². The van der Waals surface area contributed by atoms with Gasteiger partial charge in [0.25, 0.3) is 0 Å². The van der Waals surface area contributed by atoms with E-state index in [1.54, 1.807) is 12.1 Å². The molecule has 0 saturated heterocycles. The van der Waals surface area contributed by atoms with Crippen LogP contribution in [0.25, 0.3) is 6.08 Å². The Labute approximate surface area is 112 Å². The van der Waals surface area contributed by atoms with E-state index in [-0.39, 0.29) is 5.75 Å². The molecule has 108 valence electrons. The van der Waals surface area contributed by atoms with E-state index in [4.69, 9.17) is 14.6 Å². The normalized spacial score (nSPS) is 17.8. The Morgan fingerprint density at radius 3 is 2.70 bits per heavy atom. The van der Waals surface area contributed by atoms with Crippen LogP contribution in [0.5, 0.6) is 11.5 Å². The number of ether oxygens (including phenoxy) is 2. The van der Waals surface area contributed by atoms with Gasteiger partial charge in [-0.15, -0.1) is 0 Å². The second kappa shape index (κ2) is 5.07. The lowest BCUT2D eigenvalue weighted by atomic mass is 9.99. The first-order valence-electron chi connectivity index (χ1n) is 5.67. The highest BCUT2D eigenvalue weighted by Gasteiger charge is 2.39. The lowest BCUT2D eigenvalue weighted by molar-refractivity contribution is -0.150. The van der Waals surface area contributed by atoms with Crippen molar-refractivity contribution in [2.75, 3.05) is 7.11 Å². The molecule has 1 aromatic rings. The molecule has 7 heteroatoms. The number of carboxylic acid groups (broad SMARTS) is 1. The number of carbonyl (C=O) groups is 1. The highest BCUT2D eigenvalue weighted by atomic mass is 19.4. The van der Waals surface area contributed by atoms with Crippen molar-refractivity contribution in [2.45, 2.75) is 18.7 Å². The zero-order valence-corrected chi connectivity index (χ0v) is 10.4. The van der Waals surface area contributed by atoms with Gasteiger partial charge >= 0.3 is 12.1 Å². The maximum absolute atomic E-state index is 12.5. The van der Waals surface area contributed by atoms with Gasteiger partial charge in [0.05, 0.1) is 24.7 Å². The van der Waals surface area contributed by atoms with E-state index in [2.05, 4.69) is 0 Å². The van der Waals surface area contributed by atoms with Crippen molar-refractivity contribution in [1.29, 1.82) is 0 Å². The van der Waals surface area contributed by atoms with Crippen LogP contribution in [-0.4, -0.2) is 30.5 Å². The van der Waals surface area contributed by atoms with E-state index >= 15 is 0 Å². The molecule has 0 bridgehead atoms. The minimum atomic E-state index is -4.52. The quantitative estimate of drug-likeness (QED) is 0.929. The van der Waals surface area contributed by atoms with Crippen LogP contribution in [0.15, 0.2) is 23.8 Å². The van der Waals surface area contributed by atoms with Crippen molar-refractivity contribution in [2.24, 2.45) is 0 Å². The van der Waals surface area contributed by atoms with Gasteiger partial charge in [-0.1, -0.05) is 6.07 Å². The Balaban J connectivity index is 2.45. The lowest BCUT2D eigenvalue weighted by Gasteiger charge is -2.26. The molecule has 1 N–H and O–H groups in total. The number of rotatable bonds is 3. The Morgan fingerprint density at radius 1 is 1.45 bits per heavy atom. The molecule has 1 heterocycles. The molecule has 1 aromatic carbocycles. The van der Waals surface area contributed by atoms with Crippen molar-refractivity contribution in [1.82, 2.24) is 0 Å². The van der Waals surface area contributed by atoms with Gasteiger partial charge in [0.1, 0.15) is 17.6 Å². The Kier molecular flexibility index (Phi) is 3.61. The minimum absolute atomic E-state index is 0.170. The summed E-state index contributed by atoms with van der Waals surface area (Å²) in [7, 11) is 1.38. The van der Waals surface area contributed by atoms with Gasteiger partial charge in [-0.05, 0) is 18.2 Å².